The average Bonchev–Trinajstić information content (AvgIpc) is 2.75. The van der Waals surface area contributed by atoms with E-state index in [-0.39, 0.29) is 22.8 Å². The average molecular weight is 449 g/mol. The van der Waals surface area contributed by atoms with Crippen LogP contribution in [0.4, 0.5) is 0 Å². The fraction of sp³-hybridized carbons (Fsp3) is 0.435. The van der Waals surface area contributed by atoms with Crippen molar-refractivity contribution in [1.29, 1.82) is 0 Å². The van der Waals surface area contributed by atoms with Crippen molar-refractivity contribution in [3.05, 3.63) is 59.7 Å². The molecule has 2 N–H and O–H groups in total. The fourth-order valence-corrected chi connectivity index (χ4v) is 4.14. The number of rotatable bonds is 11. The van der Waals surface area contributed by atoms with Gasteiger partial charge in [-0.15, -0.1) is 0 Å². The number of benzene rings is 2. The summed E-state index contributed by atoms with van der Waals surface area (Å²) >= 11 is 0. The lowest BCUT2D eigenvalue weighted by Crippen LogP contribution is -2.49. The molecule has 2 rings (SSSR count). The molecule has 0 bridgehead atoms. The second kappa shape index (κ2) is 11.3. The zero-order chi connectivity index (χ0) is 23.0. The van der Waals surface area contributed by atoms with E-state index in [1.165, 1.54) is 19.2 Å². The Kier molecular flexibility index (Phi) is 9.03. The highest BCUT2D eigenvalue weighted by Crippen LogP contribution is 2.17. The van der Waals surface area contributed by atoms with Gasteiger partial charge in [-0.3, -0.25) is 4.79 Å². The first-order chi connectivity index (χ1) is 14.6. The number of sulfonamides is 1. The summed E-state index contributed by atoms with van der Waals surface area (Å²) in [6.07, 6.45) is 0.161. The summed E-state index contributed by atoms with van der Waals surface area (Å²) in [5, 5.41) is 2.83. The van der Waals surface area contributed by atoms with E-state index in [4.69, 9.17) is 9.47 Å². The molecule has 7 nitrogen and oxygen atoms in total. The number of carbonyl (C=O) groups excluding carboxylic acids is 1. The Bertz CT molecular complexity index is 939. The lowest BCUT2D eigenvalue weighted by Gasteiger charge is -2.22. The number of ether oxygens (including phenoxy) is 2. The van der Waals surface area contributed by atoms with Gasteiger partial charge in [-0.25, -0.2) is 8.42 Å². The third-order valence-corrected chi connectivity index (χ3v) is 6.13. The Labute approximate surface area is 185 Å². The van der Waals surface area contributed by atoms with Crippen molar-refractivity contribution >= 4 is 15.9 Å². The molecule has 0 fully saturated rings. The Morgan fingerprint density at radius 2 is 1.52 bits per heavy atom. The van der Waals surface area contributed by atoms with Crippen molar-refractivity contribution in [2.45, 2.75) is 57.9 Å². The first kappa shape index (κ1) is 24.8. The van der Waals surface area contributed by atoms with E-state index in [9.17, 15) is 13.2 Å². The monoisotopic (exact) mass is 448 g/mol. The van der Waals surface area contributed by atoms with Gasteiger partial charge in [0.2, 0.25) is 15.9 Å². The van der Waals surface area contributed by atoms with Crippen molar-refractivity contribution in [1.82, 2.24) is 10.0 Å². The summed E-state index contributed by atoms with van der Waals surface area (Å²) in [5.74, 6) is -0.0539. The van der Waals surface area contributed by atoms with Crippen molar-refractivity contribution in [2.75, 3.05) is 7.11 Å². The predicted molar refractivity (Wildman–Crippen MR) is 120 cm³/mol. The SMILES string of the molecule is COc1ccc(S(=O)(=O)N[C@H](C(=O)NCc2ccc(COC(C)C)cc2)C(C)C)cc1. The van der Waals surface area contributed by atoms with E-state index in [0.29, 0.717) is 18.9 Å². The minimum absolute atomic E-state index is 0.0750. The molecule has 0 aliphatic rings. The fourth-order valence-electron chi connectivity index (χ4n) is 2.80. The molecule has 0 aromatic heterocycles. The maximum atomic E-state index is 12.7. The van der Waals surface area contributed by atoms with Crippen molar-refractivity contribution in [3.63, 3.8) is 0 Å². The first-order valence-corrected chi connectivity index (χ1v) is 11.7. The van der Waals surface area contributed by atoms with E-state index in [0.717, 1.165) is 11.1 Å². The predicted octanol–water partition coefficient (Wildman–Crippen LogP) is 3.24. The van der Waals surface area contributed by atoms with Crippen LogP contribution in [0.1, 0.15) is 38.8 Å². The summed E-state index contributed by atoms with van der Waals surface area (Å²) in [7, 11) is -2.35. The molecule has 0 saturated carbocycles. The zero-order valence-electron chi connectivity index (χ0n) is 18.7. The van der Waals surface area contributed by atoms with Crippen molar-refractivity contribution in [2.24, 2.45) is 5.92 Å². The van der Waals surface area contributed by atoms with Crippen LogP contribution in [0.25, 0.3) is 0 Å². The molecule has 2 aromatic rings. The summed E-state index contributed by atoms with van der Waals surface area (Å²) < 4.78 is 38.6. The van der Waals surface area contributed by atoms with E-state index < -0.39 is 16.1 Å². The van der Waals surface area contributed by atoms with Crippen LogP contribution in [0, 0.1) is 5.92 Å². The summed E-state index contributed by atoms with van der Waals surface area (Å²) in [4.78, 5) is 12.8. The van der Waals surface area contributed by atoms with Crippen LogP contribution in [-0.4, -0.2) is 33.6 Å². The first-order valence-electron chi connectivity index (χ1n) is 10.3. The van der Waals surface area contributed by atoms with Gasteiger partial charge in [-0.05, 0) is 55.2 Å². The highest BCUT2D eigenvalue weighted by molar-refractivity contribution is 7.89. The number of carbonyl (C=O) groups is 1. The Balaban J connectivity index is 2.00. The van der Waals surface area contributed by atoms with Gasteiger partial charge in [0.05, 0.1) is 24.7 Å². The molecule has 0 heterocycles. The van der Waals surface area contributed by atoms with Crippen LogP contribution in [0.5, 0.6) is 5.75 Å². The number of nitrogens with one attached hydrogen (secondary N) is 2. The zero-order valence-corrected chi connectivity index (χ0v) is 19.5. The second-order valence-electron chi connectivity index (χ2n) is 7.91. The number of hydrogen-bond acceptors (Lipinski definition) is 5. The minimum atomic E-state index is -3.86. The highest BCUT2D eigenvalue weighted by atomic mass is 32.2. The maximum Gasteiger partial charge on any atom is 0.241 e. The molecular weight excluding hydrogens is 416 g/mol. The molecular formula is C23H32N2O5S. The third kappa shape index (κ3) is 7.65. The Morgan fingerprint density at radius 1 is 0.935 bits per heavy atom. The normalized spacial score (nSPS) is 12.7. The molecule has 0 saturated heterocycles. The van der Waals surface area contributed by atoms with E-state index in [2.05, 4.69) is 10.0 Å². The van der Waals surface area contributed by atoms with Crippen LogP contribution in [0.2, 0.25) is 0 Å². The van der Waals surface area contributed by atoms with Crippen molar-refractivity contribution < 1.29 is 22.7 Å². The van der Waals surface area contributed by atoms with E-state index >= 15 is 0 Å². The molecule has 170 valence electrons. The summed E-state index contributed by atoms with van der Waals surface area (Å²) in [6, 6.07) is 12.9. The molecule has 0 unspecified atom stereocenters. The van der Waals surface area contributed by atoms with Gasteiger partial charge in [-0.2, -0.15) is 4.72 Å². The molecule has 0 radical (unpaired) electrons. The summed E-state index contributed by atoms with van der Waals surface area (Å²) in [6.45, 7) is 8.40. The minimum Gasteiger partial charge on any atom is -0.497 e. The van der Waals surface area contributed by atoms with Gasteiger partial charge in [0.15, 0.2) is 0 Å². The second-order valence-corrected chi connectivity index (χ2v) is 9.63. The van der Waals surface area contributed by atoms with Crippen molar-refractivity contribution in [3.8, 4) is 5.75 Å². The standard InChI is InChI=1S/C23H32N2O5S/c1-16(2)22(25-31(27,28)21-12-10-20(29-5)11-13-21)23(26)24-14-18-6-8-19(9-7-18)15-30-17(3)4/h6-13,16-17,22,25H,14-15H2,1-5H3,(H,24,26)/t22-/m0/s1. The van der Waals surface area contributed by atoms with Crippen LogP contribution < -0.4 is 14.8 Å². The topological polar surface area (TPSA) is 93.7 Å². The number of amides is 1. The molecule has 1 atom stereocenters. The van der Waals surface area contributed by atoms with Gasteiger partial charge >= 0.3 is 0 Å². The third-order valence-electron chi connectivity index (χ3n) is 4.67. The van der Waals surface area contributed by atoms with Gasteiger partial charge < -0.3 is 14.8 Å². The van der Waals surface area contributed by atoms with Gasteiger partial charge in [0, 0.05) is 6.54 Å². The van der Waals surface area contributed by atoms with Crippen LogP contribution in [-0.2, 0) is 32.7 Å². The quantitative estimate of drug-likeness (QED) is 0.550. The van der Waals surface area contributed by atoms with Gasteiger partial charge in [0.1, 0.15) is 11.8 Å². The van der Waals surface area contributed by atoms with Crippen LogP contribution >= 0.6 is 0 Å². The number of hydrogen-bond donors (Lipinski definition) is 2. The summed E-state index contributed by atoms with van der Waals surface area (Å²) in [5.41, 5.74) is 1.97. The highest BCUT2D eigenvalue weighted by Gasteiger charge is 2.28. The molecule has 31 heavy (non-hydrogen) atoms. The van der Waals surface area contributed by atoms with Crippen LogP contribution in [0.3, 0.4) is 0 Å². The molecule has 1 amide bonds. The van der Waals surface area contributed by atoms with Gasteiger partial charge in [-0.1, -0.05) is 38.1 Å². The molecule has 8 heteroatoms. The maximum absolute atomic E-state index is 12.7. The molecule has 0 spiro atoms. The van der Waals surface area contributed by atoms with Crippen LogP contribution in [0.15, 0.2) is 53.4 Å². The largest absolute Gasteiger partial charge is 0.497 e. The van der Waals surface area contributed by atoms with E-state index in [1.54, 1.807) is 26.0 Å². The lowest BCUT2D eigenvalue weighted by atomic mass is 10.0. The molecule has 0 aliphatic carbocycles. The molecule has 0 aliphatic heterocycles. The van der Waals surface area contributed by atoms with Gasteiger partial charge in [0.25, 0.3) is 0 Å². The molecule has 2 aromatic carbocycles. The smallest absolute Gasteiger partial charge is 0.241 e. The Morgan fingerprint density at radius 3 is 2.03 bits per heavy atom. The number of methoxy groups -OCH3 is 1. The Hall–Kier alpha value is -2.42. The lowest BCUT2D eigenvalue weighted by molar-refractivity contribution is -0.123. The van der Waals surface area contributed by atoms with E-state index in [1.807, 2.05) is 38.1 Å².